The molecule has 1 saturated carbocycles. The highest BCUT2D eigenvalue weighted by atomic mass is 16.7. The molecule has 15 atom stereocenters. The Bertz CT molecular complexity index is 1360. The molecular weight excluding hydrogens is 612 g/mol. The number of hydrogen-bond donors (Lipinski definition) is 12. The third kappa shape index (κ3) is 6.98. The number of nitrogens with one attached hydrogen (secondary N) is 1. The van der Waals surface area contributed by atoms with Gasteiger partial charge < -0.3 is 82.3 Å². The van der Waals surface area contributed by atoms with E-state index in [1.54, 1.807) is 30.3 Å². The Morgan fingerprint density at radius 1 is 0.761 bits per heavy atom. The summed E-state index contributed by atoms with van der Waals surface area (Å²) in [7, 11) is 0. The smallest absolute Gasteiger partial charge is 0.251 e. The molecule has 15 N–H and O–H groups in total. The number of carbonyl (C=O) groups excluding carboxylic acids is 1. The van der Waals surface area contributed by atoms with Crippen molar-refractivity contribution in [3.05, 3.63) is 42.0 Å². The second-order valence-corrected chi connectivity index (χ2v) is 12.0. The first-order valence-corrected chi connectivity index (χ1v) is 14.9. The largest absolute Gasteiger partial charge is 0.508 e. The van der Waals surface area contributed by atoms with Gasteiger partial charge in [0.05, 0.1) is 12.6 Å². The maximum absolute atomic E-state index is 12.9. The van der Waals surface area contributed by atoms with Crippen molar-refractivity contribution in [1.82, 2.24) is 5.32 Å². The van der Waals surface area contributed by atoms with E-state index in [2.05, 4.69) is 5.32 Å². The number of ether oxygens (including phenoxy) is 4. The predicted octanol–water partition coefficient (Wildman–Crippen LogP) is -4.96. The summed E-state index contributed by atoms with van der Waals surface area (Å²) in [6, 6.07) is 6.44. The molecule has 1 amide bonds. The molecule has 0 bridgehead atoms. The van der Waals surface area contributed by atoms with Crippen LogP contribution in [0, 0.1) is 0 Å². The molecule has 2 aromatic carbocycles. The zero-order valence-electron chi connectivity index (χ0n) is 24.6. The number of carbonyl (C=O) groups is 1. The predicted molar refractivity (Wildman–Crippen MR) is 157 cm³/mol. The number of amides is 1. The molecule has 5 rings (SSSR count). The van der Waals surface area contributed by atoms with Crippen molar-refractivity contribution in [2.45, 2.75) is 98.2 Å². The average Bonchev–Trinajstić information content (AvgIpc) is 3.03. The standard InChI is InChI=1S/C29H42N4O13/c30-14-7-15(31)26(24(41)25(14)45-28-21(38)18(32)19(36)17(9-34)44-28)46-29-23(40)22(39)20(37)16(43-29)8-33-27(42)12-2-1-11-6-13(35)4-3-10(11)5-12/h1-6,14-26,28-29,34-41H,7-9,30-32H2,(H,33,42)/t14-,15?,16?,17?,18?,19?,20?,21?,22?,23?,24?,25?,26?,28?,29?/m0/s1. The molecule has 46 heavy (non-hydrogen) atoms. The zero-order valence-corrected chi connectivity index (χ0v) is 24.6. The van der Waals surface area contributed by atoms with E-state index >= 15 is 0 Å². The van der Waals surface area contributed by atoms with Crippen LogP contribution in [0.4, 0.5) is 0 Å². The Morgan fingerprint density at radius 3 is 2.00 bits per heavy atom. The molecule has 0 aromatic heterocycles. The van der Waals surface area contributed by atoms with Gasteiger partial charge in [-0.05, 0) is 41.5 Å². The molecule has 256 valence electrons. The van der Waals surface area contributed by atoms with Gasteiger partial charge in [-0.15, -0.1) is 0 Å². The summed E-state index contributed by atoms with van der Waals surface area (Å²) in [4.78, 5) is 12.9. The van der Waals surface area contributed by atoms with E-state index in [-0.39, 0.29) is 24.3 Å². The van der Waals surface area contributed by atoms with Gasteiger partial charge in [-0.25, -0.2) is 0 Å². The minimum absolute atomic E-state index is 0.0200. The van der Waals surface area contributed by atoms with Crippen molar-refractivity contribution in [2.24, 2.45) is 17.2 Å². The summed E-state index contributed by atoms with van der Waals surface area (Å²) in [6.45, 7) is -0.931. The maximum Gasteiger partial charge on any atom is 0.251 e. The number of benzene rings is 2. The number of aromatic hydroxyl groups is 1. The Kier molecular flexibility index (Phi) is 10.8. The first kappa shape index (κ1) is 34.7. The van der Waals surface area contributed by atoms with Crippen molar-refractivity contribution >= 4 is 16.7 Å². The molecular formula is C29H42N4O13. The van der Waals surface area contributed by atoms with Crippen LogP contribution in [-0.4, -0.2) is 152 Å². The zero-order chi connectivity index (χ0) is 33.4. The SMILES string of the molecule is NC1C[C@H](N)C(OC2OC(CO)C(O)C(N)C2O)C(O)C1OC1OC(CNC(=O)c2ccc3cc(O)ccc3c2)C(O)C(O)C1O. The summed E-state index contributed by atoms with van der Waals surface area (Å²) in [5.41, 5.74) is 18.6. The van der Waals surface area contributed by atoms with Gasteiger partial charge in [0, 0.05) is 24.2 Å². The molecule has 0 spiro atoms. The normalized spacial score (nSPS) is 41.7. The minimum atomic E-state index is -1.79. The highest BCUT2D eigenvalue weighted by Crippen LogP contribution is 2.31. The quantitative estimate of drug-likeness (QED) is 0.127. The Balaban J connectivity index is 1.24. The average molecular weight is 655 g/mol. The molecule has 3 fully saturated rings. The van der Waals surface area contributed by atoms with E-state index in [1.807, 2.05) is 0 Å². The first-order valence-electron chi connectivity index (χ1n) is 14.9. The van der Waals surface area contributed by atoms with E-state index in [1.165, 1.54) is 6.07 Å². The van der Waals surface area contributed by atoms with E-state index in [0.29, 0.717) is 5.39 Å². The van der Waals surface area contributed by atoms with Gasteiger partial charge in [-0.3, -0.25) is 4.79 Å². The van der Waals surface area contributed by atoms with Crippen LogP contribution < -0.4 is 22.5 Å². The van der Waals surface area contributed by atoms with Crippen molar-refractivity contribution in [2.75, 3.05) is 13.2 Å². The van der Waals surface area contributed by atoms with Gasteiger partial charge in [0.2, 0.25) is 0 Å². The van der Waals surface area contributed by atoms with Crippen LogP contribution in [0.1, 0.15) is 16.8 Å². The van der Waals surface area contributed by atoms with E-state index < -0.39 is 104 Å². The van der Waals surface area contributed by atoms with Crippen molar-refractivity contribution in [3.63, 3.8) is 0 Å². The fourth-order valence-electron chi connectivity index (χ4n) is 6.04. The summed E-state index contributed by atoms with van der Waals surface area (Å²) < 4.78 is 22.8. The number of rotatable bonds is 8. The molecule has 14 unspecified atom stereocenters. The number of fused-ring (bicyclic) bond motifs is 1. The lowest BCUT2D eigenvalue weighted by Gasteiger charge is -2.48. The summed E-state index contributed by atoms with van der Waals surface area (Å²) in [5.74, 6) is -0.442. The summed E-state index contributed by atoms with van der Waals surface area (Å²) in [5, 5.41) is 86.9. The topological polar surface area (TPSA) is 306 Å². The lowest BCUT2D eigenvalue weighted by atomic mass is 9.84. The van der Waals surface area contributed by atoms with Gasteiger partial charge >= 0.3 is 0 Å². The maximum atomic E-state index is 12.9. The van der Waals surface area contributed by atoms with Crippen LogP contribution in [0.3, 0.4) is 0 Å². The van der Waals surface area contributed by atoms with Crippen LogP contribution in [0.25, 0.3) is 10.8 Å². The van der Waals surface area contributed by atoms with Crippen molar-refractivity contribution < 1.29 is 64.6 Å². The molecule has 2 aromatic rings. The van der Waals surface area contributed by atoms with E-state index in [0.717, 1.165) is 5.39 Å². The lowest BCUT2D eigenvalue weighted by Crippen LogP contribution is -2.68. The van der Waals surface area contributed by atoms with E-state index in [4.69, 9.17) is 36.1 Å². The van der Waals surface area contributed by atoms with Crippen LogP contribution in [0.15, 0.2) is 36.4 Å². The number of aliphatic hydroxyl groups excluding tert-OH is 7. The Hall–Kier alpha value is -2.59. The minimum Gasteiger partial charge on any atom is -0.508 e. The monoisotopic (exact) mass is 654 g/mol. The van der Waals surface area contributed by atoms with Gasteiger partial charge in [0.1, 0.15) is 66.8 Å². The van der Waals surface area contributed by atoms with Gasteiger partial charge in [0.25, 0.3) is 5.91 Å². The van der Waals surface area contributed by atoms with Gasteiger partial charge in [-0.1, -0.05) is 12.1 Å². The van der Waals surface area contributed by atoms with Gasteiger partial charge in [-0.2, -0.15) is 0 Å². The lowest BCUT2D eigenvalue weighted by molar-refractivity contribution is -0.332. The fourth-order valence-corrected chi connectivity index (χ4v) is 6.04. The summed E-state index contributed by atoms with van der Waals surface area (Å²) >= 11 is 0. The van der Waals surface area contributed by atoms with Crippen LogP contribution in [0.2, 0.25) is 0 Å². The van der Waals surface area contributed by atoms with Crippen LogP contribution >= 0.6 is 0 Å². The van der Waals surface area contributed by atoms with Crippen molar-refractivity contribution in [1.29, 1.82) is 0 Å². The molecule has 2 heterocycles. The fraction of sp³-hybridized carbons (Fsp3) is 0.621. The summed E-state index contributed by atoms with van der Waals surface area (Å²) in [6.07, 6.45) is -17.9. The highest BCUT2D eigenvalue weighted by Gasteiger charge is 2.51. The molecule has 2 saturated heterocycles. The molecule has 2 aliphatic heterocycles. The molecule has 17 nitrogen and oxygen atoms in total. The first-order chi connectivity index (χ1) is 21.8. The molecule has 3 aliphatic rings. The third-order valence-electron chi connectivity index (χ3n) is 8.80. The van der Waals surface area contributed by atoms with Crippen LogP contribution in [0.5, 0.6) is 5.75 Å². The van der Waals surface area contributed by atoms with Gasteiger partial charge in [0.15, 0.2) is 12.6 Å². The molecule has 0 radical (unpaired) electrons. The molecule has 17 heteroatoms. The number of nitrogens with two attached hydrogens (primary N) is 3. The Labute approximate surface area is 263 Å². The highest BCUT2D eigenvalue weighted by molar-refractivity contribution is 5.98. The van der Waals surface area contributed by atoms with E-state index in [9.17, 15) is 45.6 Å². The second kappa shape index (κ2) is 14.3. The van der Waals surface area contributed by atoms with Crippen LogP contribution in [-0.2, 0) is 18.9 Å². The van der Waals surface area contributed by atoms with Crippen molar-refractivity contribution in [3.8, 4) is 5.75 Å². The number of phenols is 1. The number of phenolic OH excluding ortho intramolecular Hbond substituents is 1. The number of hydrogen-bond acceptors (Lipinski definition) is 16. The Morgan fingerprint density at radius 2 is 1.35 bits per heavy atom. The number of aliphatic hydroxyl groups is 7. The molecule has 1 aliphatic carbocycles. The third-order valence-corrected chi connectivity index (χ3v) is 8.80. The second-order valence-electron chi connectivity index (χ2n) is 12.0.